The smallest absolute Gasteiger partial charge is 0.0711 e. The number of hydrogen-bond donors (Lipinski definition) is 2. The summed E-state index contributed by atoms with van der Waals surface area (Å²) in [7, 11) is 1.79. The van der Waals surface area contributed by atoms with Crippen LogP contribution in [-0.2, 0) is 11.3 Å². The van der Waals surface area contributed by atoms with E-state index >= 15 is 0 Å². The molecule has 2 rings (SSSR count). The lowest BCUT2D eigenvalue weighted by Crippen LogP contribution is -2.33. The van der Waals surface area contributed by atoms with E-state index < -0.39 is 0 Å². The van der Waals surface area contributed by atoms with Crippen LogP contribution < -0.4 is 10.6 Å². The molecule has 1 aromatic heterocycles. The molecule has 2 N–H and O–H groups in total. The lowest BCUT2D eigenvalue weighted by atomic mass is 10.2. The fourth-order valence-corrected chi connectivity index (χ4v) is 2.93. The summed E-state index contributed by atoms with van der Waals surface area (Å²) in [6.45, 7) is 5.14. The summed E-state index contributed by atoms with van der Waals surface area (Å²) in [4.78, 5) is 2.80. The SMILES string of the molecule is COC1CNC(CNCc2ccc(C)s2)C1. The van der Waals surface area contributed by atoms with Crippen molar-refractivity contribution < 1.29 is 4.74 Å². The van der Waals surface area contributed by atoms with Crippen LogP contribution in [0.4, 0.5) is 0 Å². The summed E-state index contributed by atoms with van der Waals surface area (Å²) in [6, 6.07) is 4.94. The monoisotopic (exact) mass is 240 g/mol. The van der Waals surface area contributed by atoms with Gasteiger partial charge in [0.05, 0.1) is 6.10 Å². The van der Waals surface area contributed by atoms with Gasteiger partial charge in [-0.25, -0.2) is 0 Å². The Balaban J connectivity index is 1.65. The highest BCUT2D eigenvalue weighted by Crippen LogP contribution is 2.14. The minimum absolute atomic E-state index is 0.399. The molecule has 1 aliphatic heterocycles. The van der Waals surface area contributed by atoms with Crippen molar-refractivity contribution in [2.24, 2.45) is 0 Å². The molecule has 0 amide bonds. The first-order chi connectivity index (χ1) is 7.78. The highest BCUT2D eigenvalue weighted by atomic mass is 32.1. The van der Waals surface area contributed by atoms with E-state index in [0.29, 0.717) is 12.1 Å². The number of ether oxygens (including phenoxy) is 1. The van der Waals surface area contributed by atoms with Gasteiger partial charge in [0, 0.05) is 42.5 Å². The molecule has 0 aliphatic carbocycles. The van der Waals surface area contributed by atoms with Crippen LogP contribution in [0, 0.1) is 6.92 Å². The molecule has 0 radical (unpaired) electrons. The van der Waals surface area contributed by atoms with E-state index in [1.807, 2.05) is 11.3 Å². The van der Waals surface area contributed by atoms with Gasteiger partial charge < -0.3 is 15.4 Å². The van der Waals surface area contributed by atoms with Gasteiger partial charge in [0.1, 0.15) is 0 Å². The molecule has 90 valence electrons. The Kier molecular flexibility index (Phi) is 4.35. The van der Waals surface area contributed by atoms with Crippen molar-refractivity contribution in [1.29, 1.82) is 0 Å². The Morgan fingerprint density at radius 1 is 1.56 bits per heavy atom. The number of thiophene rings is 1. The van der Waals surface area contributed by atoms with Crippen LogP contribution in [0.25, 0.3) is 0 Å². The average Bonchev–Trinajstić information content (AvgIpc) is 2.88. The molecule has 2 atom stereocenters. The minimum Gasteiger partial charge on any atom is -0.380 e. The first-order valence-corrected chi connectivity index (χ1v) is 6.62. The average molecular weight is 240 g/mol. The van der Waals surface area contributed by atoms with Crippen molar-refractivity contribution in [3.8, 4) is 0 Å². The summed E-state index contributed by atoms with van der Waals surface area (Å²) in [5, 5.41) is 6.96. The molecule has 3 nitrogen and oxygen atoms in total. The predicted molar refractivity (Wildman–Crippen MR) is 68.0 cm³/mol. The molecule has 0 spiro atoms. The molecule has 1 aromatic rings. The van der Waals surface area contributed by atoms with Gasteiger partial charge in [-0.3, -0.25) is 0 Å². The third kappa shape index (κ3) is 3.28. The topological polar surface area (TPSA) is 33.3 Å². The quantitative estimate of drug-likeness (QED) is 0.819. The van der Waals surface area contributed by atoms with E-state index in [1.165, 1.54) is 9.75 Å². The Hall–Kier alpha value is -0.420. The Morgan fingerprint density at radius 3 is 3.06 bits per heavy atom. The van der Waals surface area contributed by atoms with Crippen molar-refractivity contribution in [2.45, 2.75) is 32.0 Å². The molecule has 0 saturated carbocycles. The van der Waals surface area contributed by atoms with Crippen molar-refractivity contribution in [1.82, 2.24) is 10.6 Å². The minimum atomic E-state index is 0.399. The second-order valence-electron chi connectivity index (χ2n) is 4.34. The Labute approximate surface area is 101 Å². The van der Waals surface area contributed by atoms with Gasteiger partial charge in [0.15, 0.2) is 0 Å². The molecular weight excluding hydrogens is 220 g/mol. The van der Waals surface area contributed by atoms with E-state index in [0.717, 1.165) is 26.1 Å². The fraction of sp³-hybridized carbons (Fsp3) is 0.667. The summed E-state index contributed by atoms with van der Waals surface area (Å²) < 4.78 is 5.32. The number of hydrogen-bond acceptors (Lipinski definition) is 4. The fourth-order valence-electron chi connectivity index (χ4n) is 2.07. The summed E-state index contributed by atoms with van der Waals surface area (Å²) in [5.41, 5.74) is 0. The first kappa shape index (κ1) is 12.0. The molecule has 1 fully saturated rings. The van der Waals surface area contributed by atoms with Crippen molar-refractivity contribution in [3.63, 3.8) is 0 Å². The maximum absolute atomic E-state index is 5.32. The van der Waals surface area contributed by atoms with Crippen LogP contribution in [0.2, 0.25) is 0 Å². The number of methoxy groups -OCH3 is 1. The van der Waals surface area contributed by atoms with Gasteiger partial charge in [-0.15, -0.1) is 11.3 Å². The lowest BCUT2D eigenvalue weighted by Gasteiger charge is -2.10. The maximum Gasteiger partial charge on any atom is 0.0711 e. The third-order valence-corrected chi connectivity index (χ3v) is 4.00. The Bertz CT molecular complexity index is 327. The molecule has 0 aromatic carbocycles. The van der Waals surface area contributed by atoms with Crippen molar-refractivity contribution in [3.05, 3.63) is 21.9 Å². The van der Waals surface area contributed by atoms with E-state index in [-0.39, 0.29) is 0 Å². The molecule has 2 unspecified atom stereocenters. The summed E-state index contributed by atoms with van der Waals surface area (Å²) in [5.74, 6) is 0. The highest BCUT2D eigenvalue weighted by Gasteiger charge is 2.22. The molecule has 1 saturated heterocycles. The van der Waals surface area contributed by atoms with Gasteiger partial charge in [0.25, 0.3) is 0 Å². The van der Waals surface area contributed by atoms with E-state index in [1.54, 1.807) is 7.11 Å². The van der Waals surface area contributed by atoms with Crippen molar-refractivity contribution in [2.75, 3.05) is 20.2 Å². The second kappa shape index (κ2) is 5.77. The van der Waals surface area contributed by atoms with Crippen LogP contribution in [0.5, 0.6) is 0 Å². The van der Waals surface area contributed by atoms with Gasteiger partial charge in [-0.1, -0.05) is 0 Å². The Morgan fingerprint density at radius 2 is 2.44 bits per heavy atom. The van der Waals surface area contributed by atoms with E-state index in [2.05, 4.69) is 29.7 Å². The molecule has 16 heavy (non-hydrogen) atoms. The van der Waals surface area contributed by atoms with Crippen LogP contribution >= 0.6 is 11.3 Å². The van der Waals surface area contributed by atoms with Crippen LogP contribution in [0.15, 0.2) is 12.1 Å². The summed E-state index contributed by atoms with van der Waals surface area (Å²) in [6.07, 6.45) is 1.52. The number of rotatable bonds is 5. The molecule has 0 bridgehead atoms. The second-order valence-corrected chi connectivity index (χ2v) is 5.71. The highest BCUT2D eigenvalue weighted by molar-refractivity contribution is 7.11. The zero-order valence-electron chi connectivity index (χ0n) is 9.95. The van der Waals surface area contributed by atoms with Gasteiger partial charge in [-0.05, 0) is 25.5 Å². The van der Waals surface area contributed by atoms with Crippen LogP contribution in [-0.4, -0.2) is 32.3 Å². The van der Waals surface area contributed by atoms with Crippen LogP contribution in [0.3, 0.4) is 0 Å². The number of aryl methyl sites for hydroxylation is 1. The maximum atomic E-state index is 5.32. The predicted octanol–water partition coefficient (Wildman–Crippen LogP) is 1.52. The van der Waals surface area contributed by atoms with E-state index in [9.17, 15) is 0 Å². The molecule has 1 aliphatic rings. The van der Waals surface area contributed by atoms with E-state index in [4.69, 9.17) is 4.74 Å². The number of nitrogens with one attached hydrogen (secondary N) is 2. The van der Waals surface area contributed by atoms with Gasteiger partial charge in [-0.2, -0.15) is 0 Å². The van der Waals surface area contributed by atoms with Crippen molar-refractivity contribution >= 4 is 11.3 Å². The zero-order valence-corrected chi connectivity index (χ0v) is 10.8. The largest absolute Gasteiger partial charge is 0.380 e. The lowest BCUT2D eigenvalue weighted by molar-refractivity contribution is 0.117. The zero-order chi connectivity index (χ0) is 11.4. The van der Waals surface area contributed by atoms with Gasteiger partial charge in [0.2, 0.25) is 0 Å². The third-order valence-electron chi connectivity index (χ3n) is 3.00. The van der Waals surface area contributed by atoms with Gasteiger partial charge >= 0.3 is 0 Å². The molecule has 2 heterocycles. The molecular formula is C12H20N2OS. The standard InChI is InChI=1S/C12H20N2OS/c1-9-3-4-12(16-9)8-13-6-10-5-11(15-2)7-14-10/h3-4,10-11,13-14H,5-8H2,1-2H3. The summed E-state index contributed by atoms with van der Waals surface area (Å²) >= 11 is 1.87. The normalized spacial score (nSPS) is 25.1. The molecule has 4 heteroatoms. The van der Waals surface area contributed by atoms with Crippen LogP contribution in [0.1, 0.15) is 16.2 Å². The first-order valence-electron chi connectivity index (χ1n) is 5.80.